The van der Waals surface area contributed by atoms with Gasteiger partial charge in [-0.15, -0.1) is 0 Å². The summed E-state index contributed by atoms with van der Waals surface area (Å²) in [4.78, 5) is 10.3. The highest BCUT2D eigenvalue weighted by atomic mass is 32.2. The van der Waals surface area contributed by atoms with E-state index in [2.05, 4.69) is 5.16 Å². The maximum Gasteiger partial charge on any atom is 0.292 e. The summed E-state index contributed by atoms with van der Waals surface area (Å²) in [5, 5.41) is 14.6. The zero-order valence-electron chi connectivity index (χ0n) is 13.5. The third-order valence-corrected chi connectivity index (χ3v) is 5.53. The van der Waals surface area contributed by atoms with Crippen molar-refractivity contribution in [1.82, 2.24) is 5.16 Å². The van der Waals surface area contributed by atoms with Gasteiger partial charge in [0, 0.05) is 11.6 Å². The Labute approximate surface area is 139 Å². The van der Waals surface area contributed by atoms with E-state index in [0.717, 1.165) is 18.4 Å². The lowest BCUT2D eigenvalue weighted by Gasteiger charge is -2.02. The highest BCUT2D eigenvalue weighted by Crippen LogP contribution is 2.32. The molecule has 0 radical (unpaired) electrons. The van der Waals surface area contributed by atoms with Gasteiger partial charge in [-0.1, -0.05) is 11.2 Å². The van der Waals surface area contributed by atoms with Crippen molar-refractivity contribution in [3.05, 3.63) is 39.8 Å². The van der Waals surface area contributed by atoms with Gasteiger partial charge < -0.3 is 10.3 Å². The molecule has 0 bridgehead atoms. The SMILES string of the molecule is Cc1noc(C)c1-c1ccc(N)c([N+](=O)[O-])c1.O=S1(=O)CCCC1. The monoisotopic (exact) mass is 353 g/mol. The lowest BCUT2D eigenvalue weighted by molar-refractivity contribution is -0.383. The molecule has 0 amide bonds. The maximum atomic E-state index is 10.8. The fourth-order valence-corrected chi connectivity index (χ4v) is 3.99. The molecule has 9 heteroatoms. The number of rotatable bonds is 2. The molecule has 0 atom stereocenters. The van der Waals surface area contributed by atoms with Gasteiger partial charge in [0.05, 0.1) is 22.1 Å². The second-order valence-corrected chi connectivity index (χ2v) is 7.89. The zero-order valence-corrected chi connectivity index (χ0v) is 14.3. The van der Waals surface area contributed by atoms with Crippen molar-refractivity contribution in [2.45, 2.75) is 26.7 Å². The van der Waals surface area contributed by atoms with Crippen molar-refractivity contribution < 1.29 is 17.9 Å². The third-order valence-electron chi connectivity index (χ3n) is 3.71. The second-order valence-electron chi connectivity index (χ2n) is 5.59. The van der Waals surface area contributed by atoms with E-state index in [-0.39, 0.29) is 11.4 Å². The Kier molecular flexibility index (Phi) is 5.23. The Balaban J connectivity index is 0.000000249. The van der Waals surface area contributed by atoms with Gasteiger partial charge in [-0.2, -0.15) is 0 Å². The first-order valence-corrected chi connectivity index (χ1v) is 9.21. The first-order chi connectivity index (χ1) is 11.2. The summed E-state index contributed by atoms with van der Waals surface area (Å²) in [6, 6.07) is 4.66. The normalized spacial score (nSPS) is 15.6. The van der Waals surface area contributed by atoms with Crippen LogP contribution in [0.5, 0.6) is 0 Å². The lowest BCUT2D eigenvalue weighted by Crippen LogP contribution is -1.98. The van der Waals surface area contributed by atoms with E-state index in [9.17, 15) is 18.5 Å². The van der Waals surface area contributed by atoms with Crippen molar-refractivity contribution in [3.63, 3.8) is 0 Å². The minimum absolute atomic E-state index is 0.109. The van der Waals surface area contributed by atoms with Crippen LogP contribution < -0.4 is 5.73 Å². The van der Waals surface area contributed by atoms with Gasteiger partial charge in [0.2, 0.25) is 0 Å². The van der Waals surface area contributed by atoms with Crippen LogP contribution in [-0.2, 0) is 9.84 Å². The van der Waals surface area contributed by atoms with Crippen LogP contribution in [-0.4, -0.2) is 30.0 Å². The molecule has 3 rings (SSSR count). The summed E-state index contributed by atoms with van der Waals surface area (Å²) in [5.41, 5.74) is 7.72. The molecule has 0 spiro atoms. The number of aryl methyl sites for hydroxylation is 2. The number of sulfone groups is 1. The Hall–Kier alpha value is -2.42. The molecule has 2 heterocycles. The minimum atomic E-state index is -2.55. The fraction of sp³-hybridized carbons (Fsp3) is 0.400. The first kappa shape index (κ1) is 17.9. The molecular formula is C15H19N3O5S. The van der Waals surface area contributed by atoms with Crippen LogP contribution in [0.3, 0.4) is 0 Å². The number of hydrogen-bond donors (Lipinski definition) is 1. The van der Waals surface area contributed by atoms with Crippen LogP contribution in [0, 0.1) is 24.0 Å². The molecule has 1 aromatic heterocycles. The Morgan fingerprint density at radius 2 is 1.88 bits per heavy atom. The van der Waals surface area contributed by atoms with Crippen molar-refractivity contribution >= 4 is 21.2 Å². The molecule has 130 valence electrons. The van der Waals surface area contributed by atoms with Crippen LogP contribution in [0.4, 0.5) is 11.4 Å². The average molecular weight is 353 g/mol. The zero-order chi connectivity index (χ0) is 17.9. The van der Waals surface area contributed by atoms with Crippen LogP contribution in [0.2, 0.25) is 0 Å². The molecule has 1 aliphatic rings. The van der Waals surface area contributed by atoms with E-state index in [4.69, 9.17) is 10.3 Å². The van der Waals surface area contributed by atoms with Crippen LogP contribution >= 0.6 is 0 Å². The van der Waals surface area contributed by atoms with Crippen molar-refractivity contribution in [2.24, 2.45) is 0 Å². The van der Waals surface area contributed by atoms with E-state index in [0.29, 0.717) is 28.5 Å². The molecule has 2 N–H and O–H groups in total. The van der Waals surface area contributed by atoms with E-state index < -0.39 is 14.8 Å². The predicted octanol–water partition coefficient (Wildman–Crippen LogP) is 2.64. The van der Waals surface area contributed by atoms with Crippen LogP contribution in [0.25, 0.3) is 11.1 Å². The fourth-order valence-electron chi connectivity index (χ4n) is 2.50. The highest BCUT2D eigenvalue weighted by Gasteiger charge is 2.17. The Bertz CT molecular complexity index is 826. The molecule has 1 fully saturated rings. The number of nitrogens with zero attached hydrogens (tertiary/aromatic N) is 2. The quantitative estimate of drug-likeness (QED) is 0.499. The maximum absolute atomic E-state index is 10.8. The Morgan fingerprint density at radius 1 is 1.25 bits per heavy atom. The first-order valence-electron chi connectivity index (χ1n) is 7.39. The molecule has 0 aliphatic carbocycles. The molecule has 0 saturated carbocycles. The van der Waals surface area contributed by atoms with Gasteiger partial charge in [0.25, 0.3) is 5.69 Å². The Morgan fingerprint density at radius 3 is 2.29 bits per heavy atom. The minimum Gasteiger partial charge on any atom is -0.393 e. The van der Waals surface area contributed by atoms with Gasteiger partial charge in [-0.05, 0) is 38.3 Å². The predicted molar refractivity (Wildman–Crippen MR) is 90.4 cm³/mol. The molecule has 24 heavy (non-hydrogen) atoms. The molecule has 8 nitrogen and oxygen atoms in total. The van der Waals surface area contributed by atoms with Gasteiger partial charge >= 0.3 is 0 Å². The van der Waals surface area contributed by atoms with Crippen molar-refractivity contribution in [1.29, 1.82) is 0 Å². The number of nitro benzene ring substituents is 1. The summed E-state index contributed by atoms with van der Waals surface area (Å²) in [6.07, 6.45) is 1.75. The van der Waals surface area contributed by atoms with Gasteiger partial charge in [0.15, 0.2) is 0 Å². The average Bonchev–Trinajstić information content (AvgIpc) is 3.05. The van der Waals surface area contributed by atoms with E-state index in [1.165, 1.54) is 12.1 Å². The van der Waals surface area contributed by atoms with E-state index in [1.807, 2.05) is 0 Å². The highest BCUT2D eigenvalue weighted by molar-refractivity contribution is 7.91. The number of anilines is 1. The molecule has 0 unspecified atom stereocenters. The molecule has 1 aromatic carbocycles. The summed E-state index contributed by atoms with van der Waals surface area (Å²) in [6.45, 7) is 3.55. The topological polar surface area (TPSA) is 129 Å². The second kappa shape index (κ2) is 7.00. The van der Waals surface area contributed by atoms with Crippen molar-refractivity contribution in [2.75, 3.05) is 17.2 Å². The number of hydrogen-bond acceptors (Lipinski definition) is 7. The summed E-state index contributed by atoms with van der Waals surface area (Å²) in [7, 11) is -2.55. The van der Waals surface area contributed by atoms with Gasteiger partial charge in [0.1, 0.15) is 21.3 Å². The number of aromatic nitrogens is 1. The third kappa shape index (κ3) is 4.10. The van der Waals surface area contributed by atoms with E-state index >= 15 is 0 Å². The van der Waals surface area contributed by atoms with E-state index in [1.54, 1.807) is 19.9 Å². The summed E-state index contributed by atoms with van der Waals surface area (Å²) >= 11 is 0. The lowest BCUT2D eigenvalue weighted by atomic mass is 10.0. The number of nitrogens with two attached hydrogens (primary N) is 1. The number of nitro groups is 1. The van der Waals surface area contributed by atoms with Crippen LogP contribution in [0.15, 0.2) is 22.7 Å². The standard InChI is InChI=1S/C11H11N3O3.C4H8O2S/c1-6-11(7(2)17-13-6)8-3-4-9(12)10(5-8)14(15)16;5-7(6)3-1-2-4-7/h3-5H,12H2,1-2H3;1-4H2. The molecular weight excluding hydrogens is 334 g/mol. The van der Waals surface area contributed by atoms with Gasteiger partial charge in [-0.25, -0.2) is 8.42 Å². The molecule has 2 aromatic rings. The van der Waals surface area contributed by atoms with Gasteiger partial charge in [-0.3, -0.25) is 10.1 Å². The molecule has 1 aliphatic heterocycles. The molecule has 1 saturated heterocycles. The van der Waals surface area contributed by atoms with Crippen LogP contribution in [0.1, 0.15) is 24.3 Å². The largest absolute Gasteiger partial charge is 0.393 e. The summed E-state index contributed by atoms with van der Waals surface area (Å²) in [5.74, 6) is 1.47. The number of nitrogen functional groups attached to an aromatic ring is 1. The smallest absolute Gasteiger partial charge is 0.292 e. The summed E-state index contributed by atoms with van der Waals surface area (Å²) < 4.78 is 25.9. The number of benzene rings is 1. The van der Waals surface area contributed by atoms with Crippen molar-refractivity contribution in [3.8, 4) is 11.1 Å².